The fourth-order valence-electron chi connectivity index (χ4n) is 3.73. The van der Waals surface area contributed by atoms with Crippen molar-refractivity contribution in [3.05, 3.63) is 94.0 Å². The summed E-state index contributed by atoms with van der Waals surface area (Å²) in [5, 5.41) is 3.12. The van der Waals surface area contributed by atoms with Crippen LogP contribution in [0.15, 0.2) is 71.9 Å². The minimum atomic E-state index is -0.465. The highest BCUT2D eigenvalue weighted by Crippen LogP contribution is 2.31. The molecule has 0 aliphatic rings. The van der Waals surface area contributed by atoms with E-state index >= 15 is 0 Å². The fourth-order valence-corrected chi connectivity index (χ4v) is 3.73. The van der Waals surface area contributed by atoms with E-state index in [-0.39, 0.29) is 23.4 Å². The molecule has 4 rings (SSSR count). The molecule has 4 aromatic rings. The highest BCUT2D eigenvalue weighted by molar-refractivity contribution is 6.10. The van der Waals surface area contributed by atoms with Crippen molar-refractivity contribution >= 4 is 28.3 Å². The number of hydrogen-bond donors (Lipinski definition) is 1. The predicted octanol–water partition coefficient (Wildman–Crippen LogP) is 3.59. The van der Waals surface area contributed by atoms with Gasteiger partial charge >= 0.3 is 0 Å². The molecule has 0 radical (unpaired) electrons. The standard InChI is InChI=1S/C26H23N3O5/c1-16-6-4-5-7-20(16)28-24(30)15-29-14-19(25(31)17-8-10-27-11-9-17)26(32)18-12-22(33-2)23(34-3)13-21(18)29/h4-14H,15H2,1-3H3,(H,28,30). The topological polar surface area (TPSA) is 99.5 Å². The molecule has 172 valence electrons. The molecule has 0 unspecified atom stereocenters. The second-order valence-electron chi connectivity index (χ2n) is 7.65. The first-order valence-corrected chi connectivity index (χ1v) is 10.5. The Bertz CT molecular complexity index is 1440. The van der Waals surface area contributed by atoms with E-state index in [9.17, 15) is 14.4 Å². The zero-order chi connectivity index (χ0) is 24.2. The van der Waals surface area contributed by atoms with Crippen molar-refractivity contribution in [1.82, 2.24) is 9.55 Å². The number of para-hydroxylation sites is 1. The zero-order valence-corrected chi connectivity index (χ0v) is 19.0. The monoisotopic (exact) mass is 457 g/mol. The van der Waals surface area contributed by atoms with Crippen LogP contribution in [0.3, 0.4) is 0 Å². The Hall–Kier alpha value is -4.46. The van der Waals surface area contributed by atoms with Gasteiger partial charge in [-0.25, -0.2) is 0 Å². The molecule has 8 nitrogen and oxygen atoms in total. The molecule has 0 spiro atoms. The lowest BCUT2D eigenvalue weighted by atomic mass is 10.0. The molecular weight excluding hydrogens is 434 g/mol. The number of nitrogens with zero attached hydrogens (tertiary/aromatic N) is 2. The molecule has 0 saturated carbocycles. The number of ketones is 1. The summed E-state index contributed by atoms with van der Waals surface area (Å²) in [7, 11) is 2.95. The van der Waals surface area contributed by atoms with Gasteiger partial charge in [0.15, 0.2) is 17.3 Å². The Morgan fingerprint density at radius 3 is 2.35 bits per heavy atom. The Labute approximate surface area is 195 Å². The van der Waals surface area contributed by atoms with Gasteiger partial charge in [0.25, 0.3) is 0 Å². The maximum Gasteiger partial charge on any atom is 0.244 e. The third-order valence-electron chi connectivity index (χ3n) is 5.51. The molecule has 0 aliphatic carbocycles. The van der Waals surface area contributed by atoms with E-state index in [1.54, 1.807) is 10.6 Å². The molecule has 0 saturated heterocycles. The van der Waals surface area contributed by atoms with Crippen LogP contribution in [0.5, 0.6) is 11.5 Å². The van der Waals surface area contributed by atoms with Gasteiger partial charge in [0, 0.05) is 35.9 Å². The van der Waals surface area contributed by atoms with Gasteiger partial charge in [-0.3, -0.25) is 19.4 Å². The minimum Gasteiger partial charge on any atom is -0.493 e. The third kappa shape index (κ3) is 4.38. The number of benzene rings is 2. The molecule has 0 aliphatic heterocycles. The molecule has 0 bridgehead atoms. The number of nitrogens with one attached hydrogen (secondary N) is 1. The number of aromatic nitrogens is 2. The maximum atomic E-state index is 13.3. The third-order valence-corrected chi connectivity index (χ3v) is 5.51. The average molecular weight is 457 g/mol. The lowest BCUT2D eigenvalue weighted by molar-refractivity contribution is -0.116. The SMILES string of the molecule is COc1cc2c(=O)c(C(=O)c3ccncc3)cn(CC(=O)Nc3ccccc3C)c2cc1OC. The number of ether oxygens (including phenoxy) is 2. The molecule has 2 aromatic heterocycles. The number of rotatable bonds is 7. The van der Waals surface area contributed by atoms with E-state index in [2.05, 4.69) is 10.3 Å². The Morgan fingerprint density at radius 1 is 1.00 bits per heavy atom. The number of methoxy groups -OCH3 is 2. The fraction of sp³-hybridized carbons (Fsp3) is 0.154. The number of fused-ring (bicyclic) bond motifs is 1. The van der Waals surface area contributed by atoms with Gasteiger partial charge in [-0.2, -0.15) is 0 Å². The van der Waals surface area contributed by atoms with Gasteiger partial charge in [-0.1, -0.05) is 18.2 Å². The van der Waals surface area contributed by atoms with Crippen molar-refractivity contribution in [1.29, 1.82) is 0 Å². The van der Waals surface area contributed by atoms with Crippen LogP contribution < -0.4 is 20.2 Å². The van der Waals surface area contributed by atoms with Crippen LogP contribution in [-0.2, 0) is 11.3 Å². The smallest absolute Gasteiger partial charge is 0.244 e. The number of anilines is 1. The molecule has 0 atom stereocenters. The molecule has 1 N–H and O–H groups in total. The lowest BCUT2D eigenvalue weighted by Crippen LogP contribution is -2.24. The highest BCUT2D eigenvalue weighted by Gasteiger charge is 2.20. The number of hydrogen-bond acceptors (Lipinski definition) is 6. The minimum absolute atomic E-state index is 0.0605. The summed E-state index contributed by atoms with van der Waals surface area (Å²) in [6, 6.07) is 13.6. The van der Waals surface area contributed by atoms with Crippen LogP contribution in [0.1, 0.15) is 21.5 Å². The van der Waals surface area contributed by atoms with E-state index in [0.29, 0.717) is 28.3 Å². The summed E-state index contributed by atoms with van der Waals surface area (Å²) in [5.41, 5.74) is 1.84. The quantitative estimate of drug-likeness (QED) is 0.426. The number of pyridine rings is 2. The maximum absolute atomic E-state index is 13.3. The van der Waals surface area contributed by atoms with Crippen molar-refractivity contribution in [2.75, 3.05) is 19.5 Å². The van der Waals surface area contributed by atoms with Crippen molar-refractivity contribution in [3.63, 3.8) is 0 Å². The summed E-state index contributed by atoms with van der Waals surface area (Å²) in [6.45, 7) is 1.77. The first-order valence-electron chi connectivity index (χ1n) is 10.5. The van der Waals surface area contributed by atoms with Gasteiger partial charge in [0.2, 0.25) is 11.3 Å². The van der Waals surface area contributed by atoms with Gasteiger partial charge < -0.3 is 19.4 Å². The summed E-state index contributed by atoms with van der Waals surface area (Å²) < 4.78 is 12.3. The zero-order valence-electron chi connectivity index (χ0n) is 19.0. The van der Waals surface area contributed by atoms with Crippen molar-refractivity contribution in [2.45, 2.75) is 13.5 Å². The lowest BCUT2D eigenvalue weighted by Gasteiger charge is -2.16. The highest BCUT2D eigenvalue weighted by atomic mass is 16.5. The number of aryl methyl sites for hydroxylation is 1. The van der Waals surface area contributed by atoms with E-state index in [1.807, 2.05) is 31.2 Å². The van der Waals surface area contributed by atoms with Crippen LogP contribution in [0.4, 0.5) is 5.69 Å². The largest absolute Gasteiger partial charge is 0.493 e. The molecule has 0 fully saturated rings. The normalized spacial score (nSPS) is 10.7. The first kappa shape index (κ1) is 22.7. The van der Waals surface area contributed by atoms with E-state index < -0.39 is 11.2 Å². The second kappa shape index (κ2) is 9.58. The van der Waals surface area contributed by atoms with Gasteiger partial charge in [-0.15, -0.1) is 0 Å². The summed E-state index contributed by atoms with van der Waals surface area (Å²) in [4.78, 5) is 43.4. The molecule has 2 heterocycles. The van der Waals surface area contributed by atoms with E-state index in [4.69, 9.17) is 9.47 Å². The molecule has 8 heteroatoms. The van der Waals surface area contributed by atoms with Crippen molar-refractivity contribution in [3.8, 4) is 11.5 Å². The molecule has 2 aromatic carbocycles. The van der Waals surface area contributed by atoms with Crippen LogP contribution >= 0.6 is 0 Å². The Morgan fingerprint density at radius 2 is 1.68 bits per heavy atom. The van der Waals surface area contributed by atoms with Crippen molar-refractivity contribution in [2.24, 2.45) is 0 Å². The van der Waals surface area contributed by atoms with Crippen LogP contribution in [0.2, 0.25) is 0 Å². The van der Waals surface area contributed by atoms with Gasteiger partial charge in [-0.05, 0) is 36.8 Å². The second-order valence-corrected chi connectivity index (χ2v) is 7.65. The average Bonchev–Trinajstić information content (AvgIpc) is 2.86. The van der Waals surface area contributed by atoms with Crippen molar-refractivity contribution < 1.29 is 19.1 Å². The van der Waals surface area contributed by atoms with Crippen LogP contribution in [0.25, 0.3) is 10.9 Å². The number of carbonyl (C=O) groups excluding carboxylic acids is 2. The number of carbonyl (C=O) groups is 2. The van der Waals surface area contributed by atoms with Crippen LogP contribution in [-0.4, -0.2) is 35.5 Å². The van der Waals surface area contributed by atoms with Gasteiger partial charge in [0.05, 0.1) is 30.7 Å². The Balaban J connectivity index is 1.85. The first-order chi connectivity index (χ1) is 16.4. The molecular formula is C26H23N3O5. The van der Waals surface area contributed by atoms with E-state index in [0.717, 1.165) is 5.56 Å². The predicted molar refractivity (Wildman–Crippen MR) is 129 cm³/mol. The molecule has 34 heavy (non-hydrogen) atoms. The van der Waals surface area contributed by atoms with E-state index in [1.165, 1.54) is 51.0 Å². The summed E-state index contributed by atoms with van der Waals surface area (Å²) in [5.74, 6) is -0.0271. The number of amides is 1. The van der Waals surface area contributed by atoms with Gasteiger partial charge in [0.1, 0.15) is 6.54 Å². The Kier molecular flexibility index (Phi) is 6.40. The summed E-state index contributed by atoms with van der Waals surface area (Å²) >= 11 is 0. The van der Waals surface area contributed by atoms with Crippen LogP contribution in [0, 0.1) is 6.92 Å². The molecule has 1 amide bonds. The summed E-state index contributed by atoms with van der Waals surface area (Å²) in [6.07, 6.45) is 4.38.